The summed E-state index contributed by atoms with van der Waals surface area (Å²) >= 11 is 0. The van der Waals surface area contributed by atoms with Crippen molar-refractivity contribution < 1.29 is 4.79 Å². The highest BCUT2D eigenvalue weighted by Gasteiger charge is 2.29. The lowest BCUT2D eigenvalue weighted by Crippen LogP contribution is -2.34. The van der Waals surface area contributed by atoms with Crippen molar-refractivity contribution in [2.75, 3.05) is 19.6 Å². The van der Waals surface area contributed by atoms with Gasteiger partial charge in [0.1, 0.15) is 0 Å². The highest BCUT2D eigenvalue weighted by Crippen LogP contribution is 2.28. The summed E-state index contributed by atoms with van der Waals surface area (Å²) in [5, 5.41) is 12.2. The largest absolute Gasteiger partial charge is 0.352 e. The minimum atomic E-state index is -0.00235. The van der Waals surface area contributed by atoms with Crippen molar-refractivity contribution in [2.24, 2.45) is 5.92 Å². The molecule has 2 aromatic carbocycles. The minimum Gasteiger partial charge on any atom is -0.352 e. The van der Waals surface area contributed by atoms with Crippen LogP contribution >= 0.6 is 0 Å². The van der Waals surface area contributed by atoms with Crippen LogP contribution in [0.4, 0.5) is 0 Å². The molecule has 1 unspecified atom stereocenters. The van der Waals surface area contributed by atoms with Gasteiger partial charge in [0.2, 0.25) is 0 Å². The number of carbonyl (C=O) groups excluding carboxylic acids is 1. The highest BCUT2D eigenvalue weighted by atomic mass is 16.1. The van der Waals surface area contributed by atoms with Gasteiger partial charge in [-0.25, -0.2) is 0 Å². The molecule has 1 amide bonds. The first kappa shape index (κ1) is 19.7. The molecule has 0 bridgehead atoms. The number of nitrogens with zero attached hydrogens (tertiary/aromatic N) is 2. The molecule has 4 nitrogen and oxygen atoms in total. The molecule has 29 heavy (non-hydrogen) atoms. The maximum atomic E-state index is 12.7. The summed E-state index contributed by atoms with van der Waals surface area (Å²) in [6.07, 6.45) is 6.62. The summed E-state index contributed by atoms with van der Waals surface area (Å²) in [6, 6.07) is 16.4. The molecular formula is C25H29N3O. The fourth-order valence-corrected chi connectivity index (χ4v) is 4.85. The van der Waals surface area contributed by atoms with Crippen molar-refractivity contribution >= 4 is 5.91 Å². The quantitative estimate of drug-likeness (QED) is 0.820. The Bertz CT molecular complexity index is 924. The van der Waals surface area contributed by atoms with Gasteiger partial charge >= 0.3 is 0 Å². The van der Waals surface area contributed by atoms with Gasteiger partial charge in [-0.2, -0.15) is 5.26 Å². The second kappa shape index (κ2) is 8.80. The van der Waals surface area contributed by atoms with E-state index in [1.165, 1.54) is 38.6 Å². The summed E-state index contributed by atoms with van der Waals surface area (Å²) in [7, 11) is 0. The Hall–Kier alpha value is -2.64. The van der Waals surface area contributed by atoms with Crippen molar-refractivity contribution in [1.82, 2.24) is 10.2 Å². The number of likely N-dealkylation sites (tertiary alicyclic amines) is 1. The molecule has 1 aliphatic carbocycles. The van der Waals surface area contributed by atoms with Crippen molar-refractivity contribution in [3.63, 3.8) is 0 Å². The third-order valence-electron chi connectivity index (χ3n) is 6.50. The number of carbonyl (C=O) groups is 1. The van der Waals surface area contributed by atoms with E-state index in [0.29, 0.717) is 17.0 Å². The fraction of sp³-hybridized carbons (Fsp3) is 0.440. The van der Waals surface area contributed by atoms with E-state index < -0.39 is 0 Å². The van der Waals surface area contributed by atoms with Crippen LogP contribution in [0.3, 0.4) is 0 Å². The summed E-state index contributed by atoms with van der Waals surface area (Å²) in [6.45, 7) is 5.05. The Kier molecular flexibility index (Phi) is 5.97. The third-order valence-corrected chi connectivity index (χ3v) is 6.50. The standard InChI is InChI=1S/C25H29N3O/c1-18-13-19(15-26)9-10-24(18)21-5-4-6-22(14-21)25(29)27-16-20-11-12-28(17-20)23-7-2-3-8-23/h4-6,9-10,13-14,20,23H,2-3,7-8,11-12,16-17H2,1H3,(H,27,29). The van der Waals surface area contributed by atoms with E-state index in [2.05, 4.69) is 16.3 Å². The van der Waals surface area contributed by atoms with Crippen LogP contribution in [-0.2, 0) is 0 Å². The summed E-state index contributed by atoms with van der Waals surface area (Å²) in [4.78, 5) is 15.4. The van der Waals surface area contributed by atoms with Gasteiger partial charge in [0.15, 0.2) is 0 Å². The number of nitriles is 1. The van der Waals surface area contributed by atoms with Gasteiger partial charge in [-0.1, -0.05) is 31.0 Å². The number of nitrogens with one attached hydrogen (secondary N) is 1. The number of hydrogen-bond donors (Lipinski definition) is 1. The fourth-order valence-electron chi connectivity index (χ4n) is 4.85. The summed E-state index contributed by atoms with van der Waals surface area (Å²) < 4.78 is 0. The monoisotopic (exact) mass is 387 g/mol. The van der Waals surface area contributed by atoms with Crippen LogP contribution < -0.4 is 5.32 Å². The van der Waals surface area contributed by atoms with Crippen LogP contribution in [0, 0.1) is 24.2 Å². The molecular weight excluding hydrogens is 358 g/mol. The molecule has 150 valence electrons. The van der Waals surface area contributed by atoms with Gasteiger partial charge in [-0.3, -0.25) is 4.79 Å². The minimum absolute atomic E-state index is 0.00235. The number of rotatable bonds is 5. The van der Waals surface area contributed by atoms with Crippen LogP contribution in [0.5, 0.6) is 0 Å². The molecule has 0 aromatic heterocycles. The Morgan fingerprint density at radius 1 is 1.17 bits per heavy atom. The second-order valence-electron chi connectivity index (χ2n) is 8.52. The zero-order valence-electron chi connectivity index (χ0n) is 17.2. The van der Waals surface area contributed by atoms with Crippen LogP contribution in [0.25, 0.3) is 11.1 Å². The van der Waals surface area contributed by atoms with Crippen molar-refractivity contribution in [3.8, 4) is 17.2 Å². The van der Waals surface area contributed by atoms with Crippen molar-refractivity contribution in [2.45, 2.75) is 45.1 Å². The molecule has 1 saturated heterocycles. The average Bonchev–Trinajstić information content (AvgIpc) is 3.43. The second-order valence-corrected chi connectivity index (χ2v) is 8.52. The van der Waals surface area contributed by atoms with E-state index in [9.17, 15) is 4.79 Å². The van der Waals surface area contributed by atoms with Crippen LogP contribution in [-0.4, -0.2) is 36.5 Å². The molecule has 4 rings (SSSR count). The molecule has 0 radical (unpaired) electrons. The summed E-state index contributed by atoms with van der Waals surface area (Å²) in [5.74, 6) is 0.556. The molecule has 1 N–H and O–H groups in total. The number of amides is 1. The maximum absolute atomic E-state index is 12.7. The molecule has 2 aliphatic rings. The first-order valence-electron chi connectivity index (χ1n) is 10.8. The first-order chi connectivity index (χ1) is 14.1. The predicted molar refractivity (Wildman–Crippen MR) is 116 cm³/mol. The topological polar surface area (TPSA) is 56.1 Å². The van der Waals surface area contributed by atoms with Crippen molar-refractivity contribution in [3.05, 3.63) is 59.2 Å². The van der Waals surface area contributed by atoms with Gasteiger partial charge in [-0.05, 0) is 79.6 Å². The van der Waals surface area contributed by atoms with E-state index >= 15 is 0 Å². The lowest BCUT2D eigenvalue weighted by Gasteiger charge is -2.23. The normalized spacial score (nSPS) is 19.9. The van der Waals surface area contributed by atoms with Crippen molar-refractivity contribution in [1.29, 1.82) is 5.26 Å². The zero-order valence-corrected chi connectivity index (χ0v) is 17.2. The predicted octanol–water partition coefficient (Wildman–Crippen LogP) is 4.53. The van der Waals surface area contributed by atoms with E-state index in [1.807, 2.05) is 49.4 Å². The van der Waals surface area contributed by atoms with Crippen LogP contribution in [0.2, 0.25) is 0 Å². The zero-order chi connectivity index (χ0) is 20.2. The number of aryl methyl sites for hydroxylation is 1. The Morgan fingerprint density at radius 3 is 2.76 bits per heavy atom. The van der Waals surface area contributed by atoms with Gasteiger partial charge in [0.25, 0.3) is 5.91 Å². The summed E-state index contributed by atoms with van der Waals surface area (Å²) in [5.41, 5.74) is 4.45. The van der Waals surface area contributed by atoms with Crippen LogP contribution in [0.1, 0.15) is 53.6 Å². The molecule has 1 saturated carbocycles. The number of hydrogen-bond acceptors (Lipinski definition) is 3. The maximum Gasteiger partial charge on any atom is 0.251 e. The SMILES string of the molecule is Cc1cc(C#N)ccc1-c1cccc(C(=O)NCC2CCN(C3CCCC3)C2)c1. The molecule has 1 atom stereocenters. The molecule has 1 aliphatic heterocycles. The third kappa shape index (κ3) is 4.52. The van der Waals surface area contributed by atoms with E-state index in [4.69, 9.17) is 5.26 Å². The average molecular weight is 388 g/mol. The molecule has 1 heterocycles. The van der Waals surface area contributed by atoms with E-state index in [0.717, 1.165) is 35.8 Å². The Morgan fingerprint density at radius 2 is 2.00 bits per heavy atom. The lowest BCUT2D eigenvalue weighted by atomic mass is 9.97. The van der Waals surface area contributed by atoms with Crippen LogP contribution in [0.15, 0.2) is 42.5 Å². The van der Waals surface area contributed by atoms with Gasteiger partial charge in [-0.15, -0.1) is 0 Å². The van der Waals surface area contributed by atoms with Gasteiger partial charge < -0.3 is 10.2 Å². The Balaban J connectivity index is 1.37. The molecule has 4 heteroatoms. The molecule has 2 aromatic rings. The highest BCUT2D eigenvalue weighted by molar-refractivity contribution is 5.95. The van der Waals surface area contributed by atoms with Gasteiger partial charge in [0, 0.05) is 24.7 Å². The van der Waals surface area contributed by atoms with Gasteiger partial charge in [0.05, 0.1) is 11.6 Å². The lowest BCUT2D eigenvalue weighted by molar-refractivity contribution is 0.0947. The Labute approximate surface area is 173 Å². The molecule has 0 spiro atoms. The molecule has 2 fully saturated rings. The number of benzene rings is 2. The smallest absolute Gasteiger partial charge is 0.251 e. The van der Waals surface area contributed by atoms with E-state index in [1.54, 1.807) is 0 Å². The van der Waals surface area contributed by atoms with E-state index in [-0.39, 0.29) is 5.91 Å². The first-order valence-corrected chi connectivity index (χ1v) is 10.8.